The molecular weight excluding hydrogens is 444 g/mol. The third-order valence-electron chi connectivity index (χ3n) is 5.22. The summed E-state index contributed by atoms with van der Waals surface area (Å²) in [5.41, 5.74) is 6.26. The molecule has 1 fully saturated rings. The van der Waals surface area contributed by atoms with E-state index < -0.39 is 35.9 Å². The predicted molar refractivity (Wildman–Crippen MR) is 113 cm³/mol. The number of hydrogen-bond acceptors (Lipinski definition) is 8. The van der Waals surface area contributed by atoms with E-state index in [4.69, 9.17) is 10.5 Å². The van der Waals surface area contributed by atoms with Crippen LogP contribution >= 0.6 is 11.3 Å². The van der Waals surface area contributed by atoms with Gasteiger partial charge in [-0.2, -0.15) is 5.10 Å². The van der Waals surface area contributed by atoms with E-state index in [1.165, 1.54) is 16.9 Å². The van der Waals surface area contributed by atoms with Gasteiger partial charge in [0.2, 0.25) is 0 Å². The second-order valence-corrected chi connectivity index (χ2v) is 8.41. The van der Waals surface area contributed by atoms with Crippen LogP contribution in [0, 0.1) is 11.6 Å². The number of rotatable bonds is 4. The van der Waals surface area contributed by atoms with Gasteiger partial charge in [-0.3, -0.25) is 9.48 Å². The monoisotopic (exact) mass is 465 g/mol. The molecular formula is C20H21F2N5O4S. The number of nitrogens with one attached hydrogen (secondary N) is 1. The average Bonchev–Trinajstić information content (AvgIpc) is 3.25. The van der Waals surface area contributed by atoms with Crippen molar-refractivity contribution in [3.63, 3.8) is 0 Å². The van der Waals surface area contributed by atoms with E-state index in [-0.39, 0.29) is 27.9 Å². The number of hydrogen-bond donors (Lipinski definition) is 4. The number of nitrogen functional groups attached to an aromatic ring is 1. The molecule has 1 aromatic carbocycles. The fourth-order valence-corrected chi connectivity index (χ4v) is 4.43. The first-order valence-corrected chi connectivity index (χ1v) is 10.6. The fraction of sp³-hybridized carbons (Fsp3) is 0.350. The van der Waals surface area contributed by atoms with Crippen molar-refractivity contribution >= 4 is 27.9 Å². The third kappa shape index (κ3) is 4.21. The highest BCUT2D eigenvalue weighted by Crippen LogP contribution is 2.35. The highest BCUT2D eigenvalue weighted by atomic mass is 32.1. The lowest BCUT2D eigenvalue weighted by Gasteiger charge is -2.17. The number of carbonyl (C=O) groups is 1. The van der Waals surface area contributed by atoms with E-state index in [1.807, 2.05) is 0 Å². The van der Waals surface area contributed by atoms with Crippen LogP contribution in [0.4, 0.5) is 19.5 Å². The summed E-state index contributed by atoms with van der Waals surface area (Å²) < 4.78 is 35.4. The van der Waals surface area contributed by atoms with Crippen LogP contribution in [-0.2, 0) is 11.8 Å². The van der Waals surface area contributed by atoms with Gasteiger partial charge in [0.05, 0.1) is 35.9 Å². The number of thiazole rings is 1. The van der Waals surface area contributed by atoms with Crippen LogP contribution in [0.3, 0.4) is 0 Å². The maximum absolute atomic E-state index is 14.1. The Balaban J connectivity index is 1.59. The molecule has 1 amide bonds. The van der Waals surface area contributed by atoms with Gasteiger partial charge in [0.25, 0.3) is 5.91 Å². The second-order valence-electron chi connectivity index (χ2n) is 7.38. The van der Waals surface area contributed by atoms with Crippen molar-refractivity contribution in [2.45, 2.75) is 31.2 Å². The summed E-state index contributed by atoms with van der Waals surface area (Å²) >= 11 is 0.800. The number of ether oxygens (including phenoxy) is 1. The molecule has 3 atom stereocenters. The zero-order valence-electron chi connectivity index (χ0n) is 17.0. The van der Waals surface area contributed by atoms with Crippen molar-refractivity contribution in [1.29, 1.82) is 0 Å². The highest BCUT2D eigenvalue weighted by molar-refractivity contribution is 7.19. The summed E-state index contributed by atoms with van der Waals surface area (Å²) in [6.45, 7) is -0.0685. The van der Waals surface area contributed by atoms with Crippen molar-refractivity contribution in [3.05, 3.63) is 47.4 Å². The van der Waals surface area contributed by atoms with Crippen LogP contribution in [-0.4, -0.2) is 49.7 Å². The Hall–Kier alpha value is -2.93. The van der Waals surface area contributed by atoms with Crippen molar-refractivity contribution in [2.24, 2.45) is 7.05 Å². The number of benzene rings is 1. The summed E-state index contributed by atoms with van der Waals surface area (Å²) in [6, 6.07) is 3.42. The standard InChI is InChI=1S/C20H21F2N5O4S/c1-27-17(14-6-5-12(28)13(29)8-31-14)11(7-24-27)25-19(30)16-18(23)32-20(26-16)15-9(21)3-2-4-10(15)22/h2-4,7,12-14,28-29H,5-6,8,23H2,1H3,(H,25,30)/t12-,13+,14?/m1/s1. The highest BCUT2D eigenvalue weighted by Gasteiger charge is 2.30. The van der Waals surface area contributed by atoms with Gasteiger partial charge >= 0.3 is 0 Å². The van der Waals surface area contributed by atoms with Crippen LogP contribution < -0.4 is 11.1 Å². The fourth-order valence-electron chi connectivity index (χ4n) is 3.55. The number of nitrogens with two attached hydrogens (primary N) is 1. The maximum atomic E-state index is 14.1. The number of halogens is 2. The molecule has 9 nitrogen and oxygen atoms in total. The van der Waals surface area contributed by atoms with Gasteiger partial charge in [-0.1, -0.05) is 17.4 Å². The smallest absolute Gasteiger partial charge is 0.277 e. The first-order valence-electron chi connectivity index (χ1n) is 9.78. The number of aliphatic hydroxyl groups excluding tert-OH is 2. The second kappa shape index (κ2) is 8.90. The number of carbonyl (C=O) groups excluding carboxylic acids is 1. The largest absolute Gasteiger partial charge is 0.390 e. The quantitative estimate of drug-likeness (QED) is 0.464. The maximum Gasteiger partial charge on any atom is 0.277 e. The molecule has 3 heterocycles. The molecule has 0 saturated carbocycles. The van der Waals surface area contributed by atoms with E-state index in [9.17, 15) is 23.8 Å². The van der Waals surface area contributed by atoms with Crippen molar-refractivity contribution in [3.8, 4) is 10.6 Å². The average molecular weight is 465 g/mol. The molecule has 1 saturated heterocycles. The molecule has 5 N–H and O–H groups in total. The Labute approximate surface area is 185 Å². The van der Waals surface area contributed by atoms with Gasteiger partial charge in [0.15, 0.2) is 5.69 Å². The first-order chi connectivity index (χ1) is 15.3. The molecule has 2 aromatic heterocycles. The molecule has 1 aliphatic rings. The SMILES string of the molecule is Cn1ncc(NC(=O)c2nc(-c3c(F)cccc3F)sc2N)c1C1CC[C@@H](O)[C@@H](O)CO1. The molecule has 170 valence electrons. The zero-order valence-corrected chi connectivity index (χ0v) is 17.8. The van der Waals surface area contributed by atoms with E-state index in [2.05, 4.69) is 15.4 Å². The number of aryl methyl sites for hydroxylation is 1. The van der Waals surface area contributed by atoms with Gasteiger partial charge in [0.1, 0.15) is 33.9 Å². The Kier molecular flexibility index (Phi) is 6.20. The minimum atomic E-state index is -1.00. The van der Waals surface area contributed by atoms with Gasteiger partial charge in [-0.25, -0.2) is 13.8 Å². The molecule has 1 aliphatic heterocycles. The van der Waals surface area contributed by atoms with Crippen LogP contribution in [0.1, 0.15) is 35.1 Å². The number of aliphatic hydroxyl groups is 2. The molecule has 0 aliphatic carbocycles. The summed E-state index contributed by atoms with van der Waals surface area (Å²) in [6.07, 6.45) is -0.303. The Bertz CT molecular complexity index is 1120. The molecule has 4 rings (SSSR count). The minimum absolute atomic E-state index is 0.00237. The number of aromatic nitrogens is 3. The predicted octanol–water partition coefficient (Wildman–Crippen LogP) is 2.23. The van der Waals surface area contributed by atoms with Crippen molar-refractivity contribution in [1.82, 2.24) is 14.8 Å². The minimum Gasteiger partial charge on any atom is -0.390 e. The van der Waals surface area contributed by atoms with E-state index in [0.717, 1.165) is 23.5 Å². The Morgan fingerprint density at radius 1 is 1.28 bits per heavy atom. The van der Waals surface area contributed by atoms with E-state index in [0.29, 0.717) is 24.2 Å². The zero-order chi connectivity index (χ0) is 23.0. The molecule has 3 aromatic rings. The van der Waals surface area contributed by atoms with Crippen LogP contribution in [0.15, 0.2) is 24.4 Å². The molecule has 0 radical (unpaired) electrons. The van der Waals surface area contributed by atoms with Crippen molar-refractivity contribution < 1.29 is 28.5 Å². The summed E-state index contributed by atoms with van der Waals surface area (Å²) in [5, 5.41) is 26.5. The number of nitrogens with zero attached hydrogens (tertiary/aromatic N) is 3. The Morgan fingerprint density at radius 2 is 2.00 bits per heavy atom. The van der Waals surface area contributed by atoms with E-state index >= 15 is 0 Å². The molecule has 1 unspecified atom stereocenters. The summed E-state index contributed by atoms with van der Waals surface area (Å²) in [5.74, 6) is -2.30. The normalized spacial score (nSPS) is 21.3. The number of amides is 1. The summed E-state index contributed by atoms with van der Waals surface area (Å²) in [7, 11) is 1.67. The van der Waals surface area contributed by atoms with Crippen molar-refractivity contribution in [2.75, 3.05) is 17.7 Å². The van der Waals surface area contributed by atoms with Crippen LogP contribution in [0.5, 0.6) is 0 Å². The molecule has 12 heteroatoms. The molecule has 0 spiro atoms. The lowest BCUT2D eigenvalue weighted by atomic mass is 10.1. The van der Waals surface area contributed by atoms with Gasteiger partial charge < -0.3 is 26.0 Å². The first kappa shape index (κ1) is 22.3. The third-order valence-corrected chi connectivity index (χ3v) is 6.12. The molecule has 0 bridgehead atoms. The topological polar surface area (TPSA) is 136 Å². The summed E-state index contributed by atoms with van der Waals surface area (Å²) in [4.78, 5) is 16.9. The Morgan fingerprint density at radius 3 is 2.72 bits per heavy atom. The van der Waals surface area contributed by atoms with Crippen LogP contribution in [0.25, 0.3) is 10.6 Å². The van der Waals surface area contributed by atoms with Gasteiger partial charge in [0, 0.05) is 7.05 Å². The molecule has 32 heavy (non-hydrogen) atoms. The van der Waals surface area contributed by atoms with E-state index in [1.54, 1.807) is 7.05 Å². The van der Waals surface area contributed by atoms with Crippen LogP contribution in [0.2, 0.25) is 0 Å². The van der Waals surface area contributed by atoms with Gasteiger partial charge in [-0.15, -0.1) is 0 Å². The lowest BCUT2D eigenvalue weighted by molar-refractivity contribution is -0.0360. The van der Waals surface area contributed by atoms with Gasteiger partial charge in [-0.05, 0) is 25.0 Å². The number of anilines is 2. The lowest BCUT2D eigenvalue weighted by Crippen LogP contribution is -2.27.